The summed E-state index contributed by atoms with van der Waals surface area (Å²) in [6.45, 7) is 3.66. The summed E-state index contributed by atoms with van der Waals surface area (Å²) in [5, 5.41) is 23.3. The highest BCUT2D eigenvalue weighted by Crippen LogP contribution is 2.33. The van der Waals surface area contributed by atoms with Gasteiger partial charge >= 0.3 is 18.1 Å². The van der Waals surface area contributed by atoms with Gasteiger partial charge in [0.1, 0.15) is 17.1 Å². The fourth-order valence-electron chi connectivity index (χ4n) is 2.74. The number of aliphatic carboxylic acids is 2. The van der Waals surface area contributed by atoms with Crippen LogP contribution >= 0.6 is 11.3 Å². The Bertz CT molecular complexity index is 867. The first kappa shape index (κ1) is 22.8. The molecule has 1 aromatic heterocycles. The molecule has 0 amide bonds. The van der Waals surface area contributed by atoms with Gasteiger partial charge in [0, 0.05) is 17.4 Å². The van der Waals surface area contributed by atoms with E-state index in [0.29, 0.717) is 10.7 Å². The Hall–Kier alpha value is -2.46. The zero-order valence-electron chi connectivity index (χ0n) is 15.7. The van der Waals surface area contributed by atoms with Gasteiger partial charge in [-0.25, -0.2) is 4.98 Å². The van der Waals surface area contributed by atoms with E-state index in [-0.39, 0.29) is 24.3 Å². The molecule has 0 aliphatic rings. The lowest BCUT2D eigenvalue weighted by atomic mass is 10.0. The molecule has 1 aromatic carbocycles. The number of alkyl halides is 3. The highest BCUT2D eigenvalue weighted by molar-refractivity contribution is 7.13. The topological polar surface area (TPSA) is 99.5 Å². The van der Waals surface area contributed by atoms with Crippen LogP contribution in [0, 0.1) is 5.92 Å². The van der Waals surface area contributed by atoms with Crippen molar-refractivity contribution >= 4 is 23.3 Å². The van der Waals surface area contributed by atoms with Crippen molar-refractivity contribution in [3.63, 3.8) is 0 Å². The fourth-order valence-corrected chi connectivity index (χ4v) is 3.57. The maximum Gasteiger partial charge on any atom is 0.416 e. The molecule has 0 aliphatic carbocycles. The minimum absolute atomic E-state index is 0.0461. The molecular formula is C19H21F3N2O4S. The van der Waals surface area contributed by atoms with Crippen LogP contribution in [0.3, 0.4) is 0 Å². The van der Waals surface area contributed by atoms with E-state index in [9.17, 15) is 33.0 Å². The lowest BCUT2D eigenvalue weighted by Crippen LogP contribution is -2.48. The molecule has 0 saturated carbocycles. The first-order valence-electron chi connectivity index (χ1n) is 8.81. The zero-order chi connectivity index (χ0) is 21.8. The fraction of sp³-hybridized carbons (Fsp3) is 0.421. The summed E-state index contributed by atoms with van der Waals surface area (Å²) in [7, 11) is 0. The van der Waals surface area contributed by atoms with Gasteiger partial charge in [-0.3, -0.25) is 14.9 Å². The third kappa shape index (κ3) is 6.53. The Morgan fingerprint density at radius 1 is 1.17 bits per heavy atom. The summed E-state index contributed by atoms with van der Waals surface area (Å²) in [4.78, 5) is 27.2. The van der Waals surface area contributed by atoms with Crippen molar-refractivity contribution in [2.24, 2.45) is 5.92 Å². The van der Waals surface area contributed by atoms with E-state index in [1.165, 1.54) is 12.1 Å². The molecule has 0 spiro atoms. The smallest absolute Gasteiger partial charge is 0.416 e. The molecular weight excluding hydrogens is 409 g/mol. The second-order valence-corrected chi connectivity index (χ2v) is 7.86. The number of rotatable bonds is 9. The number of hydrogen-bond acceptors (Lipinski definition) is 5. The predicted molar refractivity (Wildman–Crippen MR) is 102 cm³/mol. The SMILES string of the molecule is CC(C)C[C@H](NC(Cc1csc(-c2cccc(C(F)(F)F)c2)n1)C(=O)O)C(=O)O. The lowest BCUT2D eigenvalue weighted by Gasteiger charge is -2.21. The van der Waals surface area contributed by atoms with Crippen LogP contribution in [0.5, 0.6) is 0 Å². The number of carbonyl (C=O) groups is 2. The van der Waals surface area contributed by atoms with Crippen LogP contribution in [0.2, 0.25) is 0 Å². The molecule has 3 N–H and O–H groups in total. The number of aromatic nitrogens is 1. The van der Waals surface area contributed by atoms with Gasteiger partial charge in [-0.1, -0.05) is 26.0 Å². The molecule has 0 fully saturated rings. The summed E-state index contributed by atoms with van der Waals surface area (Å²) in [5.74, 6) is -2.33. The minimum Gasteiger partial charge on any atom is -0.480 e. The molecule has 2 atom stereocenters. The number of hydrogen-bond donors (Lipinski definition) is 3. The molecule has 158 valence electrons. The van der Waals surface area contributed by atoms with Crippen LogP contribution in [0.25, 0.3) is 10.6 Å². The Labute approximate surface area is 169 Å². The molecule has 29 heavy (non-hydrogen) atoms. The van der Waals surface area contributed by atoms with E-state index in [4.69, 9.17) is 0 Å². The molecule has 2 aromatic rings. The van der Waals surface area contributed by atoms with Crippen LogP contribution in [-0.4, -0.2) is 39.2 Å². The van der Waals surface area contributed by atoms with Crippen LogP contribution in [0.4, 0.5) is 13.2 Å². The Balaban J connectivity index is 2.18. The summed E-state index contributed by atoms with van der Waals surface area (Å²) in [6, 6.07) is 2.50. The van der Waals surface area contributed by atoms with E-state index < -0.39 is 35.8 Å². The summed E-state index contributed by atoms with van der Waals surface area (Å²) >= 11 is 1.10. The van der Waals surface area contributed by atoms with Gasteiger partial charge in [0.25, 0.3) is 0 Å². The van der Waals surface area contributed by atoms with Gasteiger partial charge in [-0.2, -0.15) is 13.2 Å². The van der Waals surface area contributed by atoms with Crippen molar-refractivity contribution in [1.82, 2.24) is 10.3 Å². The molecule has 2 rings (SSSR count). The molecule has 0 aliphatic heterocycles. The normalized spacial score (nSPS) is 14.0. The average Bonchev–Trinajstić information content (AvgIpc) is 3.08. The van der Waals surface area contributed by atoms with Gasteiger partial charge in [-0.05, 0) is 24.5 Å². The quantitative estimate of drug-likeness (QED) is 0.558. The number of carboxylic acids is 2. The van der Waals surface area contributed by atoms with Crippen molar-refractivity contribution in [2.75, 3.05) is 0 Å². The Morgan fingerprint density at radius 3 is 2.38 bits per heavy atom. The monoisotopic (exact) mass is 430 g/mol. The first-order chi connectivity index (χ1) is 13.5. The van der Waals surface area contributed by atoms with Crippen LogP contribution in [0.15, 0.2) is 29.6 Å². The maximum atomic E-state index is 12.9. The minimum atomic E-state index is -4.48. The van der Waals surface area contributed by atoms with E-state index in [0.717, 1.165) is 23.5 Å². The maximum absolute atomic E-state index is 12.9. The van der Waals surface area contributed by atoms with Crippen LogP contribution in [-0.2, 0) is 22.2 Å². The number of benzene rings is 1. The summed E-state index contributed by atoms with van der Waals surface area (Å²) in [6.07, 6.45) is -4.31. The van der Waals surface area contributed by atoms with Gasteiger partial charge in [0.2, 0.25) is 0 Å². The second-order valence-electron chi connectivity index (χ2n) is 7.00. The highest BCUT2D eigenvalue weighted by Gasteiger charge is 2.31. The van der Waals surface area contributed by atoms with Crippen LogP contribution in [0.1, 0.15) is 31.5 Å². The third-order valence-electron chi connectivity index (χ3n) is 4.11. The van der Waals surface area contributed by atoms with E-state index in [1.54, 1.807) is 5.38 Å². The van der Waals surface area contributed by atoms with Crippen molar-refractivity contribution in [1.29, 1.82) is 0 Å². The number of carboxylic acid groups (broad SMARTS) is 2. The number of nitrogens with zero attached hydrogens (tertiary/aromatic N) is 1. The average molecular weight is 430 g/mol. The van der Waals surface area contributed by atoms with E-state index in [1.807, 2.05) is 13.8 Å². The summed E-state index contributed by atoms with van der Waals surface area (Å²) in [5.41, 5.74) is -0.162. The standard InChI is InChI=1S/C19H21F3N2O4S/c1-10(2)6-14(17(25)26)24-15(18(27)28)8-13-9-29-16(23-13)11-4-3-5-12(7-11)19(20,21)22/h3-5,7,9-10,14-15,24H,6,8H2,1-2H3,(H,25,26)(H,27,28)/t14-,15?/m0/s1. The number of nitrogens with one attached hydrogen (secondary N) is 1. The van der Waals surface area contributed by atoms with Gasteiger partial charge < -0.3 is 10.2 Å². The van der Waals surface area contributed by atoms with Gasteiger partial charge in [-0.15, -0.1) is 11.3 Å². The molecule has 0 bridgehead atoms. The number of thiazole rings is 1. The summed E-state index contributed by atoms with van der Waals surface area (Å²) < 4.78 is 38.7. The number of halogens is 3. The first-order valence-corrected chi connectivity index (χ1v) is 9.69. The third-order valence-corrected chi connectivity index (χ3v) is 5.05. The largest absolute Gasteiger partial charge is 0.480 e. The highest BCUT2D eigenvalue weighted by atomic mass is 32.1. The van der Waals surface area contributed by atoms with Gasteiger partial charge in [0.15, 0.2) is 0 Å². The Kier molecular flexibility index (Phi) is 7.37. The zero-order valence-corrected chi connectivity index (χ0v) is 16.5. The molecule has 1 heterocycles. The van der Waals surface area contributed by atoms with Crippen molar-refractivity contribution in [2.45, 2.75) is 44.9 Å². The lowest BCUT2D eigenvalue weighted by molar-refractivity contribution is -0.143. The van der Waals surface area contributed by atoms with Crippen molar-refractivity contribution in [3.05, 3.63) is 40.9 Å². The van der Waals surface area contributed by atoms with Crippen LogP contribution < -0.4 is 5.32 Å². The molecule has 6 nitrogen and oxygen atoms in total. The molecule has 0 saturated heterocycles. The molecule has 10 heteroatoms. The molecule has 1 unspecified atom stereocenters. The van der Waals surface area contributed by atoms with Crippen molar-refractivity contribution in [3.8, 4) is 10.6 Å². The molecule has 0 radical (unpaired) electrons. The second kappa shape index (κ2) is 9.36. The van der Waals surface area contributed by atoms with Gasteiger partial charge in [0.05, 0.1) is 11.3 Å². The Morgan fingerprint density at radius 2 is 1.83 bits per heavy atom. The van der Waals surface area contributed by atoms with E-state index in [2.05, 4.69) is 10.3 Å². The predicted octanol–water partition coefficient (Wildman–Crippen LogP) is 3.91. The van der Waals surface area contributed by atoms with Crippen molar-refractivity contribution < 1.29 is 33.0 Å². The van der Waals surface area contributed by atoms with E-state index >= 15 is 0 Å².